The van der Waals surface area contributed by atoms with E-state index in [1.807, 2.05) is 42.5 Å². The van der Waals surface area contributed by atoms with E-state index in [-0.39, 0.29) is 15.9 Å². The maximum atomic E-state index is 13.5. The Morgan fingerprint density at radius 1 is 0.812 bits per heavy atom. The topological polar surface area (TPSA) is 40.6 Å². The van der Waals surface area contributed by atoms with E-state index < -0.39 is 16.4 Å². The molecule has 1 fully saturated rings. The average Bonchev–Trinajstić information content (AvgIpc) is 3.15. The van der Waals surface area contributed by atoms with Gasteiger partial charge in [-0.1, -0.05) is 48.5 Å². The molecule has 32 heavy (non-hydrogen) atoms. The first kappa shape index (κ1) is 20.9. The van der Waals surface area contributed by atoms with Crippen LogP contribution in [-0.2, 0) is 15.4 Å². The second kappa shape index (κ2) is 7.89. The van der Waals surface area contributed by atoms with Crippen molar-refractivity contribution in [1.82, 2.24) is 0 Å². The van der Waals surface area contributed by atoms with E-state index in [9.17, 15) is 17.2 Å². The lowest BCUT2D eigenvalue weighted by atomic mass is 9.74. The molecule has 3 aromatic carbocycles. The Balaban J connectivity index is 1.45. The van der Waals surface area contributed by atoms with Crippen LogP contribution < -0.4 is 9.21 Å². The number of sulfonamides is 1. The summed E-state index contributed by atoms with van der Waals surface area (Å²) in [6.45, 7) is 2.05. The summed E-state index contributed by atoms with van der Waals surface area (Å²) in [6.07, 6.45) is -0.942. The maximum absolute atomic E-state index is 13.5. The minimum absolute atomic E-state index is 0.0375. The molecule has 2 heterocycles. The highest BCUT2D eigenvalue weighted by Gasteiger charge is 2.48. The van der Waals surface area contributed by atoms with Gasteiger partial charge in [0.2, 0.25) is 0 Å². The van der Waals surface area contributed by atoms with Gasteiger partial charge in [-0.2, -0.15) is 0 Å². The summed E-state index contributed by atoms with van der Waals surface area (Å²) in [5, 5.41) is 0. The minimum atomic E-state index is -3.86. The predicted molar refractivity (Wildman–Crippen MR) is 122 cm³/mol. The molecule has 0 saturated carbocycles. The molecule has 166 valence electrons. The van der Waals surface area contributed by atoms with Crippen molar-refractivity contribution in [1.29, 1.82) is 0 Å². The number of para-hydroxylation sites is 2. The van der Waals surface area contributed by atoms with Gasteiger partial charge in [0.05, 0.1) is 10.6 Å². The summed E-state index contributed by atoms with van der Waals surface area (Å²) in [4.78, 5) is 2.38. The molecule has 0 amide bonds. The van der Waals surface area contributed by atoms with E-state index in [1.165, 1.54) is 34.3 Å². The number of alkyl halides is 2. The van der Waals surface area contributed by atoms with Crippen molar-refractivity contribution in [3.63, 3.8) is 0 Å². The van der Waals surface area contributed by atoms with E-state index in [1.54, 1.807) is 0 Å². The lowest BCUT2D eigenvalue weighted by Gasteiger charge is -2.41. The van der Waals surface area contributed by atoms with Crippen molar-refractivity contribution in [3.8, 4) is 0 Å². The Morgan fingerprint density at radius 3 is 2.09 bits per heavy atom. The third-order valence-corrected chi connectivity index (χ3v) is 8.53. The molecule has 7 heteroatoms. The fourth-order valence-electron chi connectivity index (χ4n) is 4.97. The van der Waals surface area contributed by atoms with Crippen LogP contribution in [0, 0.1) is 0 Å². The van der Waals surface area contributed by atoms with Crippen LogP contribution >= 0.6 is 0 Å². The minimum Gasteiger partial charge on any atom is -0.371 e. The average molecular weight is 455 g/mol. The van der Waals surface area contributed by atoms with Gasteiger partial charge in [-0.05, 0) is 48.7 Å². The summed E-state index contributed by atoms with van der Waals surface area (Å²) in [6, 6.07) is 22.9. The first-order valence-corrected chi connectivity index (χ1v) is 12.2. The Labute approximate surface area is 187 Å². The number of fused-ring (bicyclic) bond motifs is 2. The third kappa shape index (κ3) is 3.45. The zero-order chi connectivity index (χ0) is 22.3. The molecular weight excluding hydrogens is 430 g/mol. The Bertz CT molecular complexity index is 1210. The molecule has 0 bridgehead atoms. The summed E-state index contributed by atoms with van der Waals surface area (Å²) in [5.74, 6) is 0. The van der Waals surface area contributed by atoms with E-state index in [2.05, 4.69) is 17.0 Å². The molecule has 1 spiro atoms. The van der Waals surface area contributed by atoms with Gasteiger partial charge in [0.15, 0.2) is 0 Å². The number of rotatable bonds is 4. The first-order valence-electron chi connectivity index (χ1n) is 10.7. The number of benzene rings is 3. The number of anilines is 2. The molecule has 0 radical (unpaired) electrons. The van der Waals surface area contributed by atoms with Crippen LogP contribution in [0.1, 0.15) is 30.4 Å². The van der Waals surface area contributed by atoms with Crippen molar-refractivity contribution in [3.05, 3.63) is 90.0 Å². The van der Waals surface area contributed by atoms with Crippen LogP contribution in [0.4, 0.5) is 20.2 Å². The van der Waals surface area contributed by atoms with Crippen LogP contribution in [0.15, 0.2) is 83.8 Å². The van der Waals surface area contributed by atoms with Crippen LogP contribution in [0.5, 0.6) is 0 Å². The van der Waals surface area contributed by atoms with Gasteiger partial charge in [0.1, 0.15) is 0 Å². The van der Waals surface area contributed by atoms with Crippen LogP contribution in [0.25, 0.3) is 0 Å². The molecule has 0 atom stereocenters. The second-order valence-corrected chi connectivity index (χ2v) is 10.4. The highest BCUT2D eigenvalue weighted by atomic mass is 32.2. The Hall–Kier alpha value is -2.93. The SMILES string of the molecule is O=S(=O)(c1ccc(C(F)F)cc1)N1CC2(CCN(c3ccccc3)CC2)c2ccccc21. The third-order valence-electron chi connectivity index (χ3n) is 6.75. The summed E-state index contributed by atoms with van der Waals surface area (Å²) < 4.78 is 54.4. The van der Waals surface area contributed by atoms with Gasteiger partial charge in [-0.25, -0.2) is 17.2 Å². The zero-order valence-electron chi connectivity index (χ0n) is 17.5. The van der Waals surface area contributed by atoms with Crippen molar-refractivity contribution < 1.29 is 17.2 Å². The molecule has 5 rings (SSSR count). The molecule has 3 aromatic rings. The van der Waals surface area contributed by atoms with Gasteiger partial charge in [-0.15, -0.1) is 0 Å². The molecule has 0 aromatic heterocycles. The summed E-state index contributed by atoms with van der Waals surface area (Å²) in [5.41, 5.74) is 2.49. The van der Waals surface area contributed by atoms with Gasteiger partial charge >= 0.3 is 0 Å². The van der Waals surface area contributed by atoms with E-state index in [4.69, 9.17) is 0 Å². The lowest BCUT2D eigenvalue weighted by molar-refractivity contribution is 0.151. The number of hydrogen-bond donors (Lipinski definition) is 0. The molecule has 0 aliphatic carbocycles. The standard InChI is InChI=1S/C25H24F2N2O2S/c26-24(27)19-10-12-21(13-11-19)32(30,31)29-18-25(22-8-4-5-9-23(22)29)14-16-28(17-15-25)20-6-2-1-3-7-20/h1-13,24H,14-18H2. The van der Waals surface area contributed by atoms with Crippen LogP contribution in [-0.4, -0.2) is 28.1 Å². The highest BCUT2D eigenvalue weighted by Crippen LogP contribution is 2.49. The molecule has 0 unspecified atom stereocenters. The van der Waals surface area contributed by atoms with E-state index in [0.717, 1.165) is 31.5 Å². The second-order valence-electron chi connectivity index (χ2n) is 8.50. The van der Waals surface area contributed by atoms with Crippen molar-refractivity contribution in [2.24, 2.45) is 0 Å². The maximum Gasteiger partial charge on any atom is 0.264 e. The van der Waals surface area contributed by atoms with E-state index >= 15 is 0 Å². The van der Waals surface area contributed by atoms with Crippen molar-refractivity contribution >= 4 is 21.4 Å². The molecule has 2 aliphatic heterocycles. The predicted octanol–water partition coefficient (Wildman–Crippen LogP) is 5.37. The van der Waals surface area contributed by atoms with Gasteiger partial charge < -0.3 is 4.90 Å². The number of hydrogen-bond acceptors (Lipinski definition) is 3. The molecular formula is C25H24F2N2O2S. The largest absolute Gasteiger partial charge is 0.371 e. The summed E-state index contributed by atoms with van der Waals surface area (Å²) in [7, 11) is -3.86. The zero-order valence-corrected chi connectivity index (χ0v) is 18.3. The van der Waals surface area contributed by atoms with Crippen molar-refractivity contribution in [2.75, 3.05) is 28.8 Å². The molecule has 1 saturated heterocycles. The monoisotopic (exact) mass is 454 g/mol. The van der Waals surface area contributed by atoms with Gasteiger partial charge in [-0.3, -0.25) is 4.31 Å². The molecule has 0 N–H and O–H groups in total. The summed E-state index contributed by atoms with van der Waals surface area (Å²) >= 11 is 0. The number of halogens is 2. The Morgan fingerprint density at radius 2 is 1.44 bits per heavy atom. The van der Waals surface area contributed by atoms with E-state index in [0.29, 0.717) is 12.2 Å². The van der Waals surface area contributed by atoms with Crippen molar-refractivity contribution in [2.45, 2.75) is 29.6 Å². The van der Waals surface area contributed by atoms with Crippen LogP contribution in [0.2, 0.25) is 0 Å². The van der Waals surface area contributed by atoms with Gasteiger partial charge in [0.25, 0.3) is 16.4 Å². The quantitative estimate of drug-likeness (QED) is 0.532. The normalized spacial score (nSPS) is 17.7. The molecule has 4 nitrogen and oxygen atoms in total. The fraction of sp³-hybridized carbons (Fsp3) is 0.280. The fourth-order valence-corrected chi connectivity index (χ4v) is 6.54. The highest BCUT2D eigenvalue weighted by molar-refractivity contribution is 7.92. The van der Waals surface area contributed by atoms with Crippen LogP contribution in [0.3, 0.4) is 0 Å². The number of piperidine rings is 1. The molecule has 2 aliphatic rings. The number of nitrogens with zero attached hydrogens (tertiary/aromatic N) is 2. The smallest absolute Gasteiger partial charge is 0.264 e. The van der Waals surface area contributed by atoms with Gasteiger partial charge in [0, 0.05) is 36.3 Å². The first-order chi connectivity index (χ1) is 15.4. The lowest BCUT2D eigenvalue weighted by Crippen LogP contribution is -2.46. The Kier molecular flexibility index (Phi) is 5.16.